The zero-order valence-electron chi connectivity index (χ0n) is 21.5. The number of nitrogens with one attached hydrogen (secondary N) is 1. The van der Waals surface area contributed by atoms with Gasteiger partial charge in [-0.1, -0.05) is 28.1 Å². The van der Waals surface area contributed by atoms with Gasteiger partial charge in [-0.05, 0) is 51.5 Å². The Morgan fingerprint density at radius 3 is 2.35 bits per heavy atom. The van der Waals surface area contributed by atoms with Gasteiger partial charge in [0.25, 0.3) is 5.69 Å². The van der Waals surface area contributed by atoms with Gasteiger partial charge in [-0.2, -0.15) is 0 Å². The van der Waals surface area contributed by atoms with E-state index in [-0.39, 0.29) is 23.7 Å². The number of amides is 2. The molecule has 0 unspecified atom stereocenters. The molecule has 0 heterocycles. The van der Waals surface area contributed by atoms with E-state index in [1.54, 1.807) is 45.9 Å². The van der Waals surface area contributed by atoms with E-state index in [9.17, 15) is 28.1 Å². The molecule has 0 fully saturated rings. The van der Waals surface area contributed by atoms with Crippen LogP contribution in [-0.4, -0.2) is 61.5 Å². The molecule has 1 atom stereocenters. The Kier molecular flexibility index (Phi) is 9.66. The van der Waals surface area contributed by atoms with Gasteiger partial charge >= 0.3 is 0 Å². The number of anilines is 1. The maximum atomic E-state index is 13.6. The summed E-state index contributed by atoms with van der Waals surface area (Å²) < 4.78 is 32.3. The Morgan fingerprint density at radius 1 is 1.19 bits per heavy atom. The van der Waals surface area contributed by atoms with Gasteiger partial charge in [0, 0.05) is 28.7 Å². The van der Waals surface area contributed by atoms with Gasteiger partial charge in [-0.3, -0.25) is 24.0 Å². The van der Waals surface area contributed by atoms with Crippen molar-refractivity contribution in [2.75, 3.05) is 24.2 Å². The summed E-state index contributed by atoms with van der Waals surface area (Å²) >= 11 is 3.39. The number of carbonyl (C=O) groups excluding carboxylic acids is 2. The number of sulfonamides is 1. The summed E-state index contributed by atoms with van der Waals surface area (Å²) in [6.07, 6.45) is 0.882. The van der Waals surface area contributed by atoms with Crippen LogP contribution < -0.4 is 14.4 Å². The molecule has 2 rings (SSSR count). The fourth-order valence-corrected chi connectivity index (χ4v) is 4.76. The standard InChI is InChI=1S/C24H31BrN4O7S/c1-16(23(31)26-24(2,3)4)27(14-17-8-7-9-18(25)12-17)22(30)15-28(37(6,34)35)20-13-19(29(32)33)10-11-21(20)36-5/h7-13,16H,14-15H2,1-6H3,(H,26,31)/t16-/m1/s1. The number of hydrogen-bond donors (Lipinski definition) is 1. The van der Waals surface area contributed by atoms with Gasteiger partial charge in [0.1, 0.15) is 24.0 Å². The number of methoxy groups -OCH3 is 1. The average Bonchev–Trinajstić information content (AvgIpc) is 2.78. The van der Waals surface area contributed by atoms with Gasteiger partial charge in [-0.15, -0.1) is 0 Å². The lowest BCUT2D eigenvalue weighted by molar-refractivity contribution is -0.384. The van der Waals surface area contributed by atoms with Gasteiger partial charge in [0.2, 0.25) is 21.8 Å². The first-order valence-corrected chi connectivity index (χ1v) is 13.8. The van der Waals surface area contributed by atoms with E-state index in [0.29, 0.717) is 5.56 Å². The normalized spacial score (nSPS) is 12.4. The van der Waals surface area contributed by atoms with E-state index in [2.05, 4.69) is 21.2 Å². The van der Waals surface area contributed by atoms with Gasteiger partial charge in [0.05, 0.1) is 18.3 Å². The molecule has 0 saturated heterocycles. The minimum absolute atomic E-state index is 0.0146. The molecule has 13 heteroatoms. The predicted octanol–water partition coefficient (Wildman–Crippen LogP) is 3.46. The number of nitro benzene ring substituents is 1. The Labute approximate surface area is 225 Å². The number of non-ortho nitro benzene ring substituents is 1. The molecule has 0 radical (unpaired) electrons. The maximum Gasteiger partial charge on any atom is 0.271 e. The SMILES string of the molecule is COc1ccc([N+](=O)[O-])cc1N(CC(=O)N(Cc1cccc(Br)c1)[C@H](C)C(=O)NC(C)(C)C)S(C)(=O)=O. The summed E-state index contributed by atoms with van der Waals surface area (Å²) in [7, 11) is -2.82. The van der Waals surface area contributed by atoms with Crippen LogP contribution in [0.15, 0.2) is 46.9 Å². The molecule has 0 aliphatic carbocycles. The van der Waals surface area contributed by atoms with Crippen LogP contribution >= 0.6 is 15.9 Å². The molecule has 37 heavy (non-hydrogen) atoms. The first-order chi connectivity index (χ1) is 17.0. The quantitative estimate of drug-likeness (QED) is 0.326. The van der Waals surface area contributed by atoms with Crippen LogP contribution in [0.3, 0.4) is 0 Å². The molecule has 11 nitrogen and oxygen atoms in total. The molecule has 0 aliphatic rings. The van der Waals surface area contributed by atoms with Crippen molar-refractivity contribution in [3.8, 4) is 5.75 Å². The Morgan fingerprint density at radius 2 is 1.84 bits per heavy atom. The monoisotopic (exact) mass is 598 g/mol. The number of carbonyl (C=O) groups is 2. The lowest BCUT2D eigenvalue weighted by Gasteiger charge is -2.33. The fourth-order valence-electron chi connectivity index (χ4n) is 3.47. The van der Waals surface area contributed by atoms with E-state index >= 15 is 0 Å². The number of nitrogens with zero attached hydrogens (tertiary/aromatic N) is 3. The van der Waals surface area contributed by atoms with Crippen LogP contribution in [0.1, 0.15) is 33.3 Å². The van der Waals surface area contributed by atoms with E-state index in [4.69, 9.17) is 4.74 Å². The van der Waals surface area contributed by atoms with Crippen LogP contribution in [0.5, 0.6) is 5.75 Å². The average molecular weight is 600 g/mol. The number of hydrogen-bond acceptors (Lipinski definition) is 7. The minimum atomic E-state index is -4.10. The van der Waals surface area contributed by atoms with Crippen molar-refractivity contribution in [1.29, 1.82) is 0 Å². The summed E-state index contributed by atoms with van der Waals surface area (Å²) in [5.74, 6) is -1.08. The first kappa shape index (κ1) is 30.0. The maximum absolute atomic E-state index is 13.6. The van der Waals surface area contributed by atoms with Crippen molar-refractivity contribution in [1.82, 2.24) is 10.2 Å². The van der Waals surface area contributed by atoms with Gasteiger partial charge < -0.3 is 15.0 Å². The third kappa shape index (κ3) is 8.42. The largest absolute Gasteiger partial charge is 0.495 e. The van der Waals surface area contributed by atoms with Crippen molar-refractivity contribution in [3.05, 3.63) is 62.6 Å². The molecule has 2 aromatic carbocycles. The molecular formula is C24H31BrN4O7S. The molecule has 0 bridgehead atoms. The summed E-state index contributed by atoms with van der Waals surface area (Å²) in [6.45, 7) is 6.27. The molecule has 1 N–H and O–H groups in total. The second kappa shape index (κ2) is 11.9. The van der Waals surface area contributed by atoms with Crippen LogP contribution in [-0.2, 0) is 26.2 Å². The van der Waals surface area contributed by atoms with E-state index in [1.165, 1.54) is 24.1 Å². The number of nitro groups is 1. The van der Waals surface area contributed by atoms with Crippen LogP contribution in [0.2, 0.25) is 0 Å². The molecule has 0 aliphatic heterocycles. The zero-order chi connectivity index (χ0) is 28.1. The van der Waals surface area contributed by atoms with Crippen molar-refractivity contribution in [2.45, 2.75) is 45.8 Å². The Hall–Kier alpha value is -3.19. The minimum Gasteiger partial charge on any atom is -0.495 e. The third-order valence-electron chi connectivity index (χ3n) is 5.23. The highest BCUT2D eigenvalue weighted by Crippen LogP contribution is 2.34. The molecule has 0 spiro atoms. The first-order valence-electron chi connectivity index (χ1n) is 11.2. The Balaban J connectivity index is 2.53. The van der Waals surface area contributed by atoms with Crippen LogP contribution in [0, 0.1) is 10.1 Å². The summed E-state index contributed by atoms with van der Waals surface area (Å²) in [4.78, 5) is 38.6. The number of ether oxygens (including phenoxy) is 1. The van der Waals surface area contributed by atoms with Crippen molar-refractivity contribution < 1.29 is 27.7 Å². The highest BCUT2D eigenvalue weighted by molar-refractivity contribution is 9.10. The zero-order valence-corrected chi connectivity index (χ0v) is 23.9. The molecular weight excluding hydrogens is 568 g/mol. The topological polar surface area (TPSA) is 139 Å². The van der Waals surface area contributed by atoms with Gasteiger partial charge in [0.15, 0.2) is 0 Å². The molecule has 0 saturated carbocycles. The number of halogens is 1. The summed E-state index contributed by atoms with van der Waals surface area (Å²) in [5.41, 5.74) is -0.398. The highest BCUT2D eigenvalue weighted by atomic mass is 79.9. The lowest BCUT2D eigenvalue weighted by atomic mass is 10.1. The summed E-state index contributed by atoms with van der Waals surface area (Å²) in [6, 6.07) is 9.65. The van der Waals surface area contributed by atoms with E-state index in [0.717, 1.165) is 21.1 Å². The highest BCUT2D eigenvalue weighted by Gasteiger charge is 2.33. The van der Waals surface area contributed by atoms with Crippen LogP contribution in [0.25, 0.3) is 0 Å². The number of rotatable bonds is 10. The fraction of sp³-hybridized carbons (Fsp3) is 0.417. The number of benzene rings is 2. The Bertz CT molecular complexity index is 1280. The van der Waals surface area contributed by atoms with Crippen LogP contribution in [0.4, 0.5) is 11.4 Å². The third-order valence-corrected chi connectivity index (χ3v) is 6.85. The second-order valence-corrected chi connectivity index (χ2v) is 12.3. The summed E-state index contributed by atoms with van der Waals surface area (Å²) in [5, 5.41) is 14.2. The lowest BCUT2D eigenvalue weighted by Crippen LogP contribution is -2.54. The smallest absolute Gasteiger partial charge is 0.271 e. The van der Waals surface area contributed by atoms with Gasteiger partial charge in [-0.25, -0.2) is 8.42 Å². The van der Waals surface area contributed by atoms with E-state index < -0.39 is 44.9 Å². The molecule has 2 amide bonds. The van der Waals surface area contributed by atoms with Crippen molar-refractivity contribution in [2.24, 2.45) is 0 Å². The molecule has 2 aromatic rings. The second-order valence-electron chi connectivity index (χ2n) is 9.45. The van der Waals surface area contributed by atoms with Crippen molar-refractivity contribution in [3.63, 3.8) is 0 Å². The van der Waals surface area contributed by atoms with E-state index in [1.807, 2.05) is 6.07 Å². The predicted molar refractivity (Wildman–Crippen MR) is 144 cm³/mol. The molecule has 202 valence electrons. The van der Waals surface area contributed by atoms with Crippen molar-refractivity contribution >= 4 is 49.1 Å². The molecule has 0 aromatic heterocycles.